The van der Waals surface area contributed by atoms with Gasteiger partial charge in [-0.1, -0.05) is 12.1 Å². The predicted octanol–water partition coefficient (Wildman–Crippen LogP) is 3.42. The molecule has 1 amide bonds. The van der Waals surface area contributed by atoms with E-state index in [2.05, 4.69) is 15.0 Å². The zero-order chi connectivity index (χ0) is 16.2. The molecular formula is C16H13F2N3OS. The van der Waals surface area contributed by atoms with Gasteiger partial charge in [-0.3, -0.25) is 4.79 Å². The summed E-state index contributed by atoms with van der Waals surface area (Å²) in [5.41, 5.74) is -0.302. The van der Waals surface area contributed by atoms with Crippen molar-refractivity contribution in [3.63, 3.8) is 0 Å². The van der Waals surface area contributed by atoms with Gasteiger partial charge in [0, 0.05) is 18.5 Å². The Bertz CT molecular complexity index is 850. The van der Waals surface area contributed by atoms with E-state index in [1.54, 1.807) is 0 Å². The van der Waals surface area contributed by atoms with Crippen molar-refractivity contribution in [3.05, 3.63) is 59.7 Å². The van der Waals surface area contributed by atoms with Crippen molar-refractivity contribution in [1.82, 2.24) is 9.69 Å². The molecule has 0 saturated heterocycles. The molecule has 0 aliphatic carbocycles. The topological polar surface area (TPSA) is 54.0 Å². The molecule has 0 bridgehead atoms. The minimum Gasteiger partial charge on any atom is -0.367 e. The maximum absolute atomic E-state index is 13.5. The van der Waals surface area contributed by atoms with Gasteiger partial charge >= 0.3 is 0 Å². The van der Waals surface area contributed by atoms with Crippen LogP contribution in [0.15, 0.2) is 42.5 Å². The average molecular weight is 333 g/mol. The highest BCUT2D eigenvalue weighted by atomic mass is 32.1. The molecule has 3 rings (SSSR count). The summed E-state index contributed by atoms with van der Waals surface area (Å²) in [6.07, 6.45) is 0. The lowest BCUT2D eigenvalue weighted by molar-refractivity contribution is 0.0950. The fraction of sp³-hybridized carbons (Fsp3) is 0.125. The Kier molecular flexibility index (Phi) is 4.47. The minimum absolute atomic E-state index is 0.265. The molecule has 118 valence electrons. The Hall–Kier alpha value is -2.54. The quantitative estimate of drug-likeness (QED) is 0.704. The van der Waals surface area contributed by atoms with Crippen LogP contribution >= 0.6 is 11.5 Å². The number of nitrogens with zero attached hydrogens (tertiary/aromatic N) is 1. The molecule has 23 heavy (non-hydrogen) atoms. The van der Waals surface area contributed by atoms with Gasteiger partial charge in [0.05, 0.1) is 10.3 Å². The van der Waals surface area contributed by atoms with Gasteiger partial charge in [-0.2, -0.15) is 4.37 Å². The van der Waals surface area contributed by atoms with Gasteiger partial charge in [-0.15, -0.1) is 0 Å². The summed E-state index contributed by atoms with van der Waals surface area (Å²) < 4.78 is 31.9. The van der Waals surface area contributed by atoms with Crippen molar-refractivity contribution in [2.75, 3.05) is 18.4 Å². The minimum atomic E-state index is -0.748. The highest BCUT2D eigenvalue weighted by molar-refractivity contribution is 7.13. The van der Waals surface area contributed by atoms with Crippen molar-refractivity contribution in [2.45, 2.75) is 0 Å². The summed E-state index contributed by atoms with van der Waals surface area (Å²) in [4.78, 5) is 11.8. The molecule has 0 fully saturated rings. The molecule has 1 heterocycles. The number of nitrogens with one attached hydrogen (secondary N) is 2. The van der Waals surface area contributed by atoms with Gasteiger partial charge in [-0.25, -0.2) is 8.78 Å². The largest absolute Gasteiger partial charge is 0.367 e. The summed E-state index contributed by atoms with van der Waals surface area (Å²) in [6, 6.07) is 10.6. The predicted molar refractivity (Wildman–Crippen MR) is 86.8 cm³/mol. The van der Waals surface area contributed by atoms with Crippen molar-refractivity contribution < 1.29 is 13.6 Å². The summed E-state index contributed by atoms with van der Waals surface area (Å²) in [5.74, 6) is -1.30. The Labute approximate surface area is 135 Å². The summed E-state index contributed by atoms with van der Waals surface area (Å²) in [6.45, 7) is 0.692. The maximum atomic E-state index is 13.5. The van der Waals surface area contributed by atoms with Crippen LogP contribution in [0.4, 0.5) is 14.6 Å². The number of halogens is 2. The number of aromatic nitrogens is 1. The number of hydrogen-bond acceptors (Lipinski definition) is 4. The number of amides is 1. The first-order chi connectivity index (χ1) is 11.1. The average Bonchev–Trinajstić information content (AvgIpc) is 2.97. The van der Waals surface area contributed by atoms with Crippen LogP contribution in [0, 0.1) is 11.6 Å². The maximum Gasteiger partial charge on any atom is 0.254 e. The number of fused-ring (bicyclic) bond motifs is 1. The lowest BCUT2D eigenvalue weighted by Crippen LogP contribution is -2.29. The SMILES string of the molecule is O=C(NCCNc1nsc2ccccc12)c1cc(F)ccc1F. The monoisotopic (exact) mass is 333 g/mol. The third kappa shape index (κ3) is 3.45. The molecule has 3 aromatic rings. The Balaban J connectivity index is 1.55. The number of benzene rings is 2. The normalized spacial score (nSPS) is 10.7. The molecule has 0 saturated carbocycles. The van der Waals surface area contributed by atoms with Crippen LogP contribution < -0.4 is 10.6 Å². The van der Waals surface area contributed by atoms with Crippen LogP contribution in [0.2, 0.25) is 0 Å². The summed E-state index contributed by atoms with van der Waals surface area (Å²) >= 11 is 1.39. The number of hydrogen-bond donors (Lipinski definition) is 2. The third-order valence-corrected chi connectivity index (χ3v) is 4.08. The fourth-order valence-electron chi connectivity index (χ4n) is 2.14. The van der Waals surface area contributed by atoms with Crippen LogP contribution in [-0.4, -0.2) is 23.4 Å². The van der Waals surface area contributed by atoms with Crippen LogP contribution in [0.3, 0.4) is 0 Å². The van der Waals surface area contributed by atoms with Gasteiger partial charge < -0.3 is 10.6 Å². The standard InChI is InChI=1S/C16H13F2N3OS/c17-10-5-6-13(18)12(9-10)16(22)20-8-7-19-15-11-3-1-2-4-14(11)23-21-15/h1-6,9H,7-8H2,(H,19,21)(H,20,22). The van der Waals surface area contributed by atoms with Crippen molar-refractivity contribution in [2.24, 2.45) is 0 Å². The Morgan fingerprint density at radius 3 is 2.83 bits per heavy atom. The Morgan fingerprint density at radius 1 is 1.13 bits per heavy atom. The van der Waals surface area contributed by atoms with Crippen LogP contribution in [-0.2, 0) is 0 Å². The lowest BCUT2D eigenvalue weighted by atomic mass is 10.2. The van der Waals surface area contributed by atoms with E-state index in [9.17, 15) is 13.6 Å². The molecule has 0 aliphatic heterocycles. The number of rotatable bonds is 5. The first-order valence-corrected chi connectivity index (χ1v) is 7.74. The third-order valence-electron chi connectivity index (χ3n) is 3.25. The van der Waals surface area contributed by atoms with E-state index in [0.717, 1.165) is 34.1 Å². The summed E-state index contributed by atoms with van der Waals surface area (Å²) in [7, 11) is 0. The van der Waals surface area contributed by atoms with E-state index < -0.39 is 17.5 Å². The molecule has 0 radical (unpaired) electrons. The zero-order valence-corrected chi connectivity index (χ0v) is 12.8. The van der Waals surface area contributed by atoms with Gasteiger partial charge in [0.2, 0.25) is 0 Å². The van der Waals surface area contributed by atoms with Crippen molar-refractivity contribution in [1.29, 1.82) is 0 Å². The van der Waals surface area contributed by atoms with E-state index in [0.29, 0.717) is 6.54 Å². The molecule has 0 unspecified atom stereocenters. The van der Waals surface area contributed by atoms with Gasteiger partial charge in [0.25, 0.3) is 5.91 Å². The van der Waals surface area contributed by atoms with Crippen LogP contribution in [0.5, 0.6) is 0 Å². The number of carbonyl (C=O) groups excluding carboxylic acids is 1. The molecule has 4 nitrogen and oxygen atoms in total. The van der Waals surface area contributed by atoms with Crippen LogP contribution in [0.25, 0.3) is 10.1 Å². The highest BCUT2D eigenvalue weighted by Gasteiger charge is 2.12. The smallest absolute Gasteiger partial charge is 0.254 e. The van der Waals surface area contributed by atoms with Gasteiger partial charge in [0.1, 0.15) is 17.5 Å². The van der Waals surface area contributed by atoms with E-state index in [-0.39, 0.29) is 12.1 Å². The van der Waals surface area contributed by atoms with Gasteiger partial charge in [-0.05, 0) is 41.9 Å². The first kappa shape index (κ1) is 15.4. The fourth-order valence-corrected chi connectivity index (χ4v) is 2.89. The Morgan fingerprint density at radius 2 is 1.96 bits per heavy atom. The lowest BCUT2D eigenvalue weighted by Gasteiger charge is -2.07. The number of carbonyl (C=O) groups is 1. The molecule has 0 spiro atoms. The highest BCUT2D eigenvalue weighted by Crippen LogP contribution is 2.25. The van der Waals surface area contributed by atoms with Gasteiger partial charge in [0.15, 0.2) is 0 Å². The van der Waals surface area contributed by atoms with E-state index in [4.69, 9.17) is 0 Å². The molecule has 2 N–H and O–H groups in total. The van der Waals surface area contributed by atoms with Crippen molar-refractivity contribution in [3.8, 4) is 0 Å². The van der Waals surface area contributed by atoms with E-state index in [1.165, 1.54) is 11.5 Å². The zero-order valence-electron chi connectivity index (χ0n) is 12.0. The van der Waals surface area contributed by atoms with Crippen molar-refractivity contribution >= 4 is 33.3 Å². The van der Waals surface area contributed by atoms with E-state index >= 15 is 0 Å². The first-order valence-electron chi connectivity index (χ1n) is 6.96. The summed E-state index contributed by atoms with van der Waals surface area (Å²) in [5, 5.41) is 6.68. The van der Waals surface area contributed by atoms with Crippen LogP contribution in [0.1, 0.15) is 10.4 Å². The molecular weight excluding hydrogens is 320 g/mol. The second-order valence-electron chi connectivity index (χ2n) is 4.83. The second-order valence-corrected chi connectivity index (χ2v) is 5.64. The molecule has 7 heteroatoms. The molecule has 0 atom stereocenters. The second kappa shape index (κ2) is 6.70. The molecule has 0 aliphatic rings. The number of anilines is 1. The molecule has 2 aromatic carbocycles. The molecule has 1 aromatic heterocycles. The van der Waals surface area contributed by atoms with E-state index in [1.807, 2.05) is 24.3 Å².